The molecule has 0 aliphatic rings. The second-order valence-electron chi connectivity index (χ2n) is 5.20. The molecule has 2 aromatic rings. The average Bonchev–Trinajstić information content (AvgIpc) is 2.91. The molecule has 0 bridgehead atoms. The first-order valence-corrected chi connectivity index (χ1v) is 7.51. The second kappa shape index (κ2) is 7.17. The Bertz CT molecular complexity index is 647. The number of aliphatic hydroxyl groups is 1. The maximum atomic E-state index is 12.4. The summed E-state index contributed by atoms with van der Waals surface area (Å²) >= 11 is 0. The Kier molecular flexibility index (Phi) is 5.27. The van der Waals surface area contributed by atoms with E-state index in [9.17, 15) is 9.90 Å². The van der Waals surface area contributed by atoms with Gasteiger partial charge in [-0.1, -0.05) is 13.8 Å². The van der Waals surface area contributed by atoms with Crippen molar-refractivity contribution in [3.8, 4) is 0 Å². The van der Waals surface area contributed by atoms with Gasteiger partial charge in [0, 0.05) is 17.5 Å². The summed E-state index contributed by atoms with van der Waals surface area (Å²) in [6.45, 7) is 5.97. The van der Waals surface area contributed by atoms with Crippen molar-refractivity contribution in [1.29, 1.82) is 0 Å². The lowest BCUT2D eigenvalue weighted by Gasteiger charge is -2.15. The molecule has 0 aliphatic carbocycles. The van der Waals surface area contributed by atoms with Gasteiger partial charge >= 0.3 is 0 Å². The SMILES string of the molecule is CCC(CC)n1ncc(C(=O)Nc2cnccc2CO)c1C. The van der Waals surface area contributed by atoms with Gasteiger partial charge in [0.1, 0.15) is 0 Å². The van der Waals surface area contributed by atoms with Crippen LogP contribution in [-0.2, 0) is 6.61 Å². The van der Waals surface area contributed by atoms with E-state index in [2.05, 4.69) is 29.2 Å². The van der Waals surface area contributed by atoms with E-state index in [1.807, 2.05) is 11.6 Å². The molecule has 6 nitrogen and oxygen atoms in total. The van der Waals surface area contributed by atoms with E-state index < -0.39 is 0 Å². The van der Waals surface area contributed by atoms with Crippen LogP contribution in [0.25, 0.3) is 0 Å². The molecule has 2 heterocycles. The number of pyridine rings is 1. The predicted octanol–water partition coefficient (Wildman–Crippen LogP) is 2.69. The molecular formula is C16H22N4O2. The molecule has 2 aromatic heterocycles. The van der Waals surface area contributed by atoms with Gasteiger partial charge in [0.2, 0.25) is 0 Å². The normalized spacial score (nSPS) is 11.0. The van der Waals surface area contributed by atoms with Crippen molar-refractivity contribution in [3.05, 3.63) is 41.5 Å². The van der Waals surface area contributed by atoms with Gasteiger partial charge in [-0.15, -0.1) is 0 Å². The highest BCUT2D eigenvalue weighted by atomic mass is 16.3. The van der Waals surface area contributed by atoms with Crippen molar-refractivity contribution in [3.63, 3.8) is 0 Å². The van der Waals surface area contributed by atoms with Crippen LogP contribution >= 0.6 is 0 Å². The number of aromatic nitrogens is 3. The topological polar surface area (TPSA) is 80.0 Å². The number of aliphatic hydroxyl groups excluding tert-OH is 1. The third-order valence-electron chi connectivity index (χ3n) is 3.91. The Morgan fingerprint density at radius 2 is 2.09 bits per heavy atom. The molecule has 0 spiro atoms. The highest BCUT2D eigenvalue weighted by Gasteiger charge is 2.18. The first kappa shape index (κ1) is 16.2. The maximum Gasteiger partial charge on any atom is 0.259 e. The van der Waals surface area contributed by atoms with Crippen LogP contribution in [0, 0.1) is 6.92 Å². The van der Waals surface area contributed by atoms with Gasteiger partial charge in [0.25, 0.3) is 5.91 Å². The van der Waals surface area contributed by atoms with Crippen LogP contribution in [0.3, 0.4) is 0 Å². The largest absolute Gasteiger partial charge is 0.392 e. The summed E-state index contributed by atoms with van der Waals surface area (Å²) in [5, 5.41) is 16.4. The molecule has 6 heteroatoms. The second-order valence-corrected chi connectivity index (χ2v) is 5.20. The summed E-state index contributed by atoms with van der Waals surface area (Å²) in [5.41, 5.74) is 2.54. The van der Waals surface area contributed by atoms with Crippen molar-refractivity contribution in [2.75, 3.05) is 5.32 Å². The fraction of sp³-hybridized carbons (Fsp3) is 0.438. The molecule has 2 N–H and O–H groups in total. The number of rotatable bonds is 6. The zero-order chi connectivity index (χ0) is 16.1. The van der Waals surface area contributed by atoms with Gasteiger partial charge in [-0.3, -0.25) is 14.5 Å². The van der Waals surface area contributed by atoms with Crippen molar-refractivity contribution in [2.45, 2.75) is 46.3 Å². The summed E-state index contributed by atoms with van der Waals surface area (Å²) in [7, 11) is 0. The van der Waals surface area contributed by atoms with Gasteiger partial charge in [-0.25, -0.2) is 0 Å². The van der Waals surface area contributed by atoms with E-state index in [4.69, 9.17) is 0 Å². The molecule has 1 amide bonds. The van der Waals surface area contributed by atoms with E-state index in [0.717, 1.165) is 18.5 Å². The van der Waals surface area contributed by atoms with E-state index in [-0.39, 0.29) is 12.5 Å². The first-order chi connectivity index (χ1) is 10.6. The Labute approximate surface area is 130 Å². The van der Waals surface area contributed by atoms with E-state index in [1.54, 1.807) is 18.5 Å². The minimum absolute atomic E-state index is 0.149. The van der Waals surface area contributed by atoms with Crippen LogP contribution in [0.15, 0.2) is 24.7 Å². The summed E-state index contributed by atoms with van der Waals surface area (Å²) < 4.78 is 1.91. The van der Waals surface area contributed by atoms with Crippen molar-refractivity contribution >= 4 is 11.6 Å². The molecule has 0 unspecified atom stereocenters. The lowest BCUT2D eigenvalue weighted by molar-refractivity contribution is 0.102. The standard InChI is InChI=1S/C16H22N4O2/c1-4-13(5-2)20-11(3)14(8-18-20)16(22)19-15-9-17-7-6-12(15)10-21/h6-9,13,21H,4-5,10H2,1-3H3,(H,19,22). The van der Waals surface area contributed by atoms with Crippen molar-refractivity contribution < 1.29 is 9.90 Å². The predicted molar refractivity (Wildman–Crippen MR) is 84.7 cm³/mol. The molecule has 0 radical (unpaired) electrons. The summed E-state index contributed by atoms with van der Waals surface area (Å²) in [4.78, 5) is 16.4. The molecule has 0 saturated carbocycles. The number of nitrogens with zero attached hydrogens (tertiary/aromatic N) is 3. The lowest BCUT2D eigenvalue weighted by atomic mass is 10.1. The molecular weight excluding hydrogens is 280 g/mol. The van der Waals surface area contributed by atoms with Crippen LogP contribution < -0.4 is 5.32 Å². The molecule has 0 aliphatic heterocycles. The number of anilines is 1. The lowest BCUT2D eigenvalue weighted by Crippen LogP contribution is -2.16. The molecule has 0 fully saturated rings. The highest BCUT2D eigenvalue weighted by molar-refractivity contribution is 6.05. The summed E-state index contributed by atoms with van der Waals surface area (Å²) in [5.74, 6) is -0.239. The highest BCUT2D eigenvalue weighted by Crippen LogP contribution is 2.21. The van der Waals surface area contributed by atoms with Gasteiger partial charge < -0.3 is 10.4 Å². The molecule has 0 saturated heterocycles. The number of hydrogen-bond donors (Lipinski definition) is 2. The number of carbonyl (C=O) groups excluding carboxylic acids is 1. The number of nitrogens with one attached hydrogen (secondary N) is 1. The Hall–Kier alpha value is -2.21. The smallest absolute Gasteiger partial charge is 0.259 e. The fourth-order valence-corrected chi connectivity index (χ4v) is 2.51. The molecule has 22 heavy (non-hydrogen) atoms. The van der Waals surface area contributed by atoms with E-state index in [1.165, 1.54) is 6.20 Å². The monoisotopic (exact) mass is 302 g/mol. The molecule has 118 valence electrons. The van der Waals surface area contributed by atoms with Gasteiger partial charge in [0.15, 0.2) is 0 Å². The quantitative estimate of drug-likeness (QED) is 0.859. The van der Waals surface area contributed by atoms with Crippen LogP contribution in [-0.4, -0.2) is 25.8 Å². The Balaban J connectivity index is 2.24. The third kappa shape index (κ3) is 3.17. The van der Waals surface area contributed by atoms with E-state index in [0.29, 0.717) is 22.9 Å². The van der Waals surface area contributed by atoms with E-state index >= 15 is 0 Å². The zero-order valence-electron chi connectivity index (χ0n) is 13.2. The summed E-state index contributed by atoms with van der Waals surface area (Å²) in [6.07, 6.45) is 6.65. The van der Waals surface area contributed by atoms with Crippen LogP contribution in [0.2, 0.25) is 0 Å². The fourth-order valence-electron chi connectivity index (χ4n) is 2.51. The average molecular weight is 302 g/mol. The van der Waals surface area contributed by atoms with Gasteiger partial charge in [-0.05, 0) is 25.8 Å². The molecule has 0 aromatic carbocycles. The van der Waals surface area contributed by atoms with Crippen molar-refractivity contribution in [2.24, 2.45) is 0 Å². The first-order valence-electron chi connectivity index (χ1n) is 7.51. The Morgan fingerprint density at radius 1 is 1.36 bits per heavy atom. The molecule has 2 rings (SSSR count). The van der Waals surface area contributed by atoms with Gasteiger partial charge in [-0.2, -0.15) is 5.10 Å². The van der Waals surface area contributed by atoms with Crippen LogP contribution in [0.1, 0.15) is 54.3 Å². The summed E-state index contributed by atoms with van der Waals surface area (Å²) in [6, 6.07) is 1.98. The number of amides is 1. The maximum absolute atomic E-state index is 12.4. The number of carbonyl (C=O) groups is 1. The van der Waals surface area contributed by atoms with Crippen LogP contribution in [0.4, 0.5) is 5.69 Å². The van der Waals surface area contributed by atoms with Gasteiger partial charge in [0.05, 0.1) is 36.3 Å². The minimum atomic E-state index is -0.239. The molecule has 0 atom stereocenters. The zero-order valence-corrected chi connectivity index (χ0v) is 13.2. The number of hydrogen-bond acceptors (Lipinski definition) is 4. The third-order valence-corrected chi connectivity index (χ3v) is 3.91. The van der Waals surface area contributed by atoms with Crippen LogP contribution in [0.5, 0.6) is 0 Å². The minimum Gasteiger partial charge on any atom is -0.392 e. The Morgan fingerprint density at radius 3 is 2.73 bits per heavy atom. The van der Waals surface area contributed by atoms with Crippen molar-refractivity contribution in [1.82, 2.24) is 14.8 Å².